The van der Waals surface area contributed by atoms with Crippen LogP contribution in [0.1, 0.15) is 33.1 Å². The number of aromatic nitrogens is 1. The number of hydrogen-bond acceptors (Lipinski definition) is 4. The maximum Gasteiger partial charge on any atom is 0.258 e. The molecule has 6 nitrogen and oxygen atoms in total. The first-order valence-electron chi connectivity index (χ1n) is 7.27. The molecule has 1 heterocycles. The Labute approximate surface area is 124 Å². The lowest BCUT2D eigenvalue weighted by molar-refractivity contribution is -0.123. The number of ether oxygens (including phenoxy) is 1. The van der Waals surface area contributed by atoms with Crippen molar-refractivity contribution in [1.82, 2.24) is 10.3 Å². The normalized spacial score (nSPS) is 15.1. The molecule has 6 heteroatoms. The molecule has 1 aromatic rings. The number of nitrogens with one attached hydrogen (secondary N) is 2. The monoisotopic (exact) mass is 291 g/mol. The topological polar surface area (TPSA) is 80.3 Å². The van der Waals surface area contributed by atoms with Crippen LogP contribution in [0.15, 0.2) is 18.3 Å². The van der Waals surface area contributed by atoms with Crippen LogP contribution in [-0.4, -0.2) is 29.4 Å². The fourth-order valence-corrected chi connectivity index (χ4v) is 1.69. The second-order valence-electron chi connectivity index (χ2n) is 5.31. The van der Waals surface area contributed by atoms with Gasteiger partial charge in [-0.2, -0.15) is 0 Å². The largest absolute Gasteiger partial charge is 0.468 e. The summed E-state index contributed by atoms with van der Waals surface area (Å²) in [4.78, 5) is 27.2. The van der Waals surface area contributed by atoms with Gasteiger partial charge in [0.1, 0.15) is 0 Å². The van der Waals surface area contributed by atoms with Crippen LogP contribution >= 0.6 is 0 Å². The Morgan fingerprint density at radius 1 is 1.43 bits per heavy atom. The fraction of sp³-hybridized carbons (Fsp3) is 0.533. The molecule has 0 spiro atoms. The van der Waals surface area contributed by atoms with Crippen molar-refractivity contribution in [3.05, 3.63) is 18.3 Å². The average Bonchev–Trinajstić information content (AvgIpc) is 3.31. The third-order valence-electron chi connectivity index (χ3n) is 3.32. The Morgan fingerprint density at radius 3 is 2.76 bits per heavy atom. The van der Waals surface area contributed by atoms with Gasteiger partial charge >= 0.3 is 0 Å². The van der Waals surface area contributed by atoms with Crippen LogP contribution in [-0.2, 0) is 9.59 Å². The Kier molecular flexibility index (Phi) is 5.14. The maximum absolute atomic E-state index is 11.6. The molecule has 1 atom stereocenters. The first kappa shape index (κ1) is 15.3. The van der Waals surface area contributed by atoms with E-state index in [1.54, 1.807) is 12.1 Å². The van der Waals surface area contributed by atoms with Gasteiger partial charge in [0.2, 0.25) is 11.8 Å². The first-order valence-corrected chi connectivity index (χ1v) is 7.27. The highest BCUT2D eigenvalue weighted by atomic mass is 16.5. The predicted octanol–water partition coefficient (Wildman–Crippen LogP) is 1.72. The molecule has 1 aliphatic carbocycles. The van der Waals surface area contributed by atoms with Crippen molar-refractivity contribution < 1.29 is 14.3 Å². The number of hydrogen-bond donors (Lipinski definition) is 2. The summed E-state index contributed by atoms with van der Waals surface area (Å²) in [6, 6.07) is 3.49. The van der Waals surface area contributed by atoms with E-state index < -0.39 is 0 Å². The third-order valence-corrected chi connectivity index (χ3v) is 3.32. The molecular formula is C15H21N3O3. The minimum absolute atomic E-state index is 0.0402. The van der Waals surface area contributed by atoms with Gasteiger partial charge in [0.05, 0.1) is 11.9 Å². The van der Waals surface area contributed by atoms with E-state index in [1.165, 1.54) is 6.20 Å². The summed E-state index contributed by atoms with van der Waals surface area (Å²) in [5, 5.41) is 5.60. The van der Waals surface area contributed by atoms with Gasteiger partial charge in [-0.3, -0.25) is 9.59 Å². The second kappa shape index (κ2) is 7.06. The van der Waals surface area contributed by atoms with Crippen molar-refractivity contribution >= 4 is 17.5 Å². The lowest BCUT2D eigenvalue weighted by atomic mass is 10.2. The molecule has 0 saturated heterocycles. The van der Waals surface area contributed by atoms with Crippen molar-refractivity contribution in [3.63, 3.8) is 0 Å². The molecule has 0 aliphatic heterocycles. The van der Waals surface area contributed by atoms with Crippen molar-refractivity contribution in [2.75, 3.05) is 11.9 Å². The smallest absolute Gasteiger partial charge is 0.258 e. The average molecular weight is 291 g/mol. The van der Waals surface area contributed by atoms with Gasteiger partial charge < -0.3 is 15.4 Å². The molecule has 2 amide bonds. The standard InChI is InChI=1S/C15H21N3O3/c1-3-10(2)17-13(19)9-21-14-7-6-12(8-16-14)18-15(20)11-4-5-11/h6-8,10-11H,3-5,9H2,1-2H3,(H,17,19)(H,18,20)/t10-/m1/s1. The lowest BCUT2D eigenvalue weighted by Crippen LogP contribution is -2.35. The molecule has 1 saturated carbocycles. The maximum atomic E-state index is 11.6. The number of carbonyl (C=O) groups is 2. The van der Waals surface area contributed by atoms with E-state index in [9.17, 15) is 9.59 Å². The number of nitrogens with zero attached hydrogens (tertiary/aromatic N) is 1. The van der Waals surface area contributed by atoms with Gasteiger partial charge in [-0.05, 0) is 32.3 Å². The zero-order valence-electron chi connectivity index (χ0n) is 12.4. The Morgan fingerprint density at radius 2 is 2.19 bits per heavy atom. The highest BCUT2D eigenvalue weighted by molar-refractivity contribution is 5.93. The van der Waals surface area contributed by atoms with E-state index in [0.717, 1.165) is 19.3 Å². The molecule has 1 fully saturated rings. The molecular weight excluding hydrogens is 270 g/mol. The minimum atomic E-state index is -0.169. The summed E-state index contributed by atoms with van der Waals surface area (Å²) in [6.45, 7) is 3.88. The van der Waals surface area contributed by atoms with Crippen molar-refractivity contribution in [2.24, 2.45) is 5.92 Å². The highest BCUT2D eigenvalue weighted by Gasteiger charge is 2.29. The Balaban J connectivity index is 1.76. The molecule has 1 aromatic heterocycles. The zero-order valence-corrected chi connectivity index (χ0v) is 12.4. The summed E-state index contributed by atoms with van der Waals surface area (Å²) < 4.78 is 5.30. The van der Waals surface area contributed by atoms with Crippen LogP contribution in [0.2, 0.25) is 0 Å². The van der Waals surface area contributed by atoms with Crippen LogP contribution in [0.4, 0.5) is 5.69 Å². The fourth-order valence-electron chi connectivity index (χ4n) is 1.69. The van der Waals surface area contributed by atoms with E-state index in [-0.39, 0.29) is 30.4 Å². The third kappa shape index (κ3) is 5.06. The van der Waals surface area contributed by atoms with Crippen LogP contribution < -0.4 is 15.4 Å². The Hall–Kier alpha value is -2.11. The number of carbonyl (C=O) groups excluding carboxylic acids is 2. The first-order chi connectivity index (χ1) is 10.1. The van der Waals surface area contributed by atoms with Crippen LogP contribution in [0.3, 0.4) is 0 Å². The van der Waals surface area contributed by atoms with Crippen LogP contribution in [0, 0.1) is 5.92 Å². The number of amides is 2. The quantitative estimate of drug-likeness (QED) is 0.801. The molecule has 2 rings (SSSR count). The SMILES string of the molecule is CC[C@@H](C)NC(=O)COc1ccc(NC(=O)C2CC2)cn1. The van der Waals surface area contributed by atoms with E-state index in [4.69, 9.17) is 4.74 Å². The van der Waals surface area contributed by atoms with Crippen molar-refractivity contribution in [2.45, 2.75) is 39.2 Å². The lowest BCUT2D eigenvalue weighted by Gasteiger charge is -2.11. The molecule has 1 aliphatic rings. The van der Waals surface area contributed by atoms with Crippen molar-refractivity contribution in [1.29, 1.82) is 0 Å². The molecule has 21 heavy (non-hydrogen) atoms. The van der Waals surface area contributed by atoms with Gasteiger partial charge in [-0.15, -0.1) is 0 Å². The zero-order chi connectivity index (χ0) is 15.2. The van der Waals surface area contributed by atoms with E-state index in [0.29, 0.717) is 11.6 Å². The summed E-state index contributed by atoms with van der Waals surface area (Å²) >= 11 is 0. The molecule has 0 radical (unpaired) electrons. The number of anilines is 1. The molecule has 0 aromatic carbocycles. The molecule has 0 bridgehead atoms. The van der Waals surface area contributed by atoms with Gasteiger partial charge in [-0.1, -0.05) is 6.92 Å². The minimum Gasteiger partial charge on any atom is -0.468 e. The van der Waals surface area contributed by atoms with E-state index in [1.807, 2.05) is 13.8 Å². The predicted molar refractivity (Wildman–Crippen MR) is 79.0 cm³/mol. The van der Waals surface area contributed by atoms with Gasteiger partial charge in [0.15, 0.2) is 6.61 Å². The van der Waals surface area contributed by atoms with E-state index >= 15 is 0 Å². The summed E-state index contributed by atoms with van der Waals surface area (Å²) in [5.74, 6) is 0.388. The van der Waals surface area contributed by atoms with E-state index in [2.05, 4.69) is 15.6 Å². The molecule has 0 unspecified atom stereocenters. The van der Waals surface area contributed by atoms with Crippen molar-refractivity contribution in [3.8, 4) is 5.88 Å². The number of rotatable bonds is 7. The number of pyridine rings is 1. The molecule has 114 valence electrons. The summed E-state index contributed by atoms with van der Waals surface area (Å²) in [6.07, 6.45) is 4.33. The highest BCUT2D eigenvalue weighted by Crippen LogP contribution is 2.30. The molecule has 2 N–H and O–H groups in total. The summed E-state index contributed by atoms with van der Waals surface area (Å²) in [7, 11) is 0. The summed E-state index contributed by atoms with van der Waals surface area (Å²) in [5.41, 5.74) is 0.642. The van der Waals surface area contributed by atoms with Crippen LogP contribution in [0.5, 0.6) is 5.88 Å². The van der Waals surface area contributed by atoms with Gasteiger partial charge in [-0.25, -0.2) is 4.98 Å². The van der Waals surface area contributed by atoms with Crippen LogP contribution in [0.25, 0.3) is 0 Å². The Bertz CT molecular complexity index is 497. The van der Waals surface area contributed by atoms with Gasteiger partial charge in [0.25, 0.3) is 5.91 Å². The second-order valence-corrected chi connectivity index (χ2v) is 5.31. The van der Waals surface area contributed by atoms with Gasteiger partial charge in [0, 0.05) is 18.0 Å².